The zero-order valence-corrected chi connectivity index (χ0v) is 16.7. The summed E-state index contributed by atoms with van der Waals surface area (Å²) < 4.78 is 1.79. The van der Waals surface area contributed by atoms with Crippen molar-refractivity contribution in [1.29, 1.82) is 5.26 Å². The molecule has 0 aliphatic rings. The van der Waals surface area contributed by atoms with Crippen LogP contribution in [-0.4, -0.2) is 19.7 Å². The van der Waals surface area contributed by atoms with Crippen molar-refractivity contribution >= 4 is 22.7 Å². The summed E-state index contributed by atoms with van der Waals surface area (Å²) in [5.74, 6) is 0.162. The van der Waals surface area contributed by atoms with Crippen LogP contribution in [-0.2, 0) is 6.54 Å². The summed E-state index contributed by atoms with van der Waals surface area (Å²) in [7, 11) is 0. The van der Waals surface area contributed by atoms with E-state index in [1.807, 2.05) is 51.1 Å². The number of benzene rings is 2. The maximum Gasteiger partial charge on any atom is 0.222 e. The van der Waals surface area contributed by atoms with Gasteiger partial charge in [0.2, 0.25) is 5.95 Å². The van der Waals surface area contributed by atoms with Crippen molar-refractivity contribution in [3.8, 4) is 17.3 Å². The van der Waals surface area contributed by atoms with E-state index in [2.05, 4.69) is 21.1 Å². The lowest BCUT2D eigenvalue weighted by Gasteiger charge is -2.08. The topological polar surface area (TPSA) is 119 Å². The average molecular weight is 385 g/mol. The van der Waals surface area contributed by atoms with Crippen molar-refractivity contribution in [3.05, 3.63) is 65.4 Å². The Morgan fingerprint density at radius 2 is 1.86 bits per heavy atom. The van der Waals surface area contributed by atoms with Crippen LogP contribution in [0, 0.1) is 18.3 Å². The van der Waals surface area contributed by atoms with Crippen LogP contribution in [0.15, 0.2) is 48.7 Å². The van der Waals surface area contributed by atoms with E-state index in [1.54, 1.807) is 23.0 Å². The maximum atomic E-state index is 9.15. The molecule has 0 bridgehead atoms. The van der Waals surface area contributed by atoms with Gasteiger partial charge in [-0.05, 0) is 36.2 Å². The van der Waals surface area contributed by atoms with Gasteiger partial charge in [0.1, 0.15) is 0 Å². The number of hydrogen-bond donors (Lipinski definition) is 2. The Morgan fingerprint density at radius 1 is 1.07 bits per heavy atom. The molecular weight excluding hydrogens is 362 g/mol. The minimum absolute atomic E-state index is 0.162. The number of nitriles is 1. The molecule has 29 heavy (non-hydrogen) atoms. The number of nitrogens with zero attached hydrogens (tertiary/aromatic N) is 5. The SMILES string of the molecule is CC.Cc1cc(Cn2ncc3c(-c4cccc(C#N)c4)nc(N)nc32)ccc1N. The van der Waals surface area contributed by atoms with Gasteiger partial charge >= 0.3 is 0 Å². The fraction of sp³-hybridized carbons (Fsp3) is 0.182. The highest BCUT2D eigenvalue weighted by molar-refractivity contribution is 5.91. The highest BCUT2D eigenvalue weighted by atomic mass is 15.3. The zero-order chi connectivity index (χ0) is 21.0. The van der Waals surface area contributed by atoms with Crippen molar-refractivity contribution in [2.45, 2.75) is 27.3 Å². The molecule has 0 radical (unpaired) electrons. The number of nitrogen functional groups attached to an aromatic ring is 2. The Balaban J connectivity index is 0.00000117. The molecule has 0 atom stereocenters. The smallest absolute Gasteiger partial charge is 0.222 e. The molecule has 4 rings (SSSR count). The van der Waals surface area contributed by atoms with E-state index >= 15 is 0 Å². The van der Waals surface area contributed by atoms with Crippen molar-refractivity contribution in [3.63, 3.8) is 0 Å². The molecule has 0 saturated carbocycles. The van der Waals surface area contributed by atoms with E-state index in [0.29, 0.717) is 23.4 Å². The summed E-state index contributed by atoms with van der Waals surface area (Å²) in [5.41, 5.74) is 17.4. The van der Waals surface area contributed by atoms with Crippen LogP contribution in [0.4, 0.5) is 11.6 Å². The highest BCUT2D eigenvalue weighted by Crippen LogP contribution is 2.27. The summed E-state index contributed by atoms with van der Waals surface area (Å²) in [4.78, 5) is 8.76. The van der Waals surface area contributed by atoms with Gasteiger partial charge < -0.3 is 11.5 Å². The van der Waals surface area contributed by atoms with Gasteiger partial charge in [-0.2, -0.15) is 15.3 Å². The standard InChI is InChI=1S/C20H17N7.C2H6/c1-12-7-14(5-6-17(12)22)11-27-19-16(10-24-27)18(25-20(23)26-19)15-4-2-3-13(8-15)9-21;1-2/h2-8,10H,11,22H2,1H3,(H2,23,25,26);1-2H3. The first-order valence-electron chi connectivity index (χ1n) is 9.40. The fourth-order valence-corrected chi connectivity index (χ4v) is 3.05. The van der Waals surface area contributed by atoms with Gasteiger partial charge in [0.25, 0.3) is 0 Å². The molecule has 0 spiro atoms. The summed E-state index contributed by atoms with van der Waals surface area (Å²) >= 11 is 0. The number of anilines is 2. The predicted molar refractivity (Wildman–Crippen MR) is 116 cm³/mol. The molecule has 7 heteroatoms. The van der Waals surface area contributed by atoms with Gasteiger partial charge in [0, 0.05) is 11.3 Å². The number of aromatic nitrogens is 4. The highest BCUT2D eigenvalue weighted by Gasteiger charge is 2.14. The molecule has 0 fully saturated rings. The van der Waals surface area contributed by atoms with Gasteiger partial charge in [0.05, 0.1) is 35.5 Å². The third-order valence-corrected chi connectivity index (χ3v) is 4.45. The minimum Gasteiger partial charge on any atom is -0.399 e. The van der Waals surface area contributed by atoms with E-state index in [-0.39, 0.29) is 5.95 Å². The van der Waals surface area contributed by atoms with Gasteiger partial charge in [-0.15, -0.1) is 0 Å². The zero-order valence-electron chi connectivity index (χ0n) is 16.7. The van der Waals surface area contributed by atoms with Crippen LogP contribution in [0.3, 0.4) is 0 Å². The molecule has 0 aliphatic heterocycles. The molecule has 2 heterocycles. The third-order valence-electron chi connectivity index (χ3n) is 4.45. The normalized spacial score (nSPS) is 10.3. The first kappa shape index (κ1) is 19.8. The van der Waals surface area contributed by atoms with E-state index in [1.165, 1.54) is 0 Å². The molecule has 2 aromatic carbocycles. The molecule has 2 aromatic heterocycles. The lowest BCUT2D eigenvalue weighted by molar-refractivity contribution is 0.704. The number of rotatable bonds is 3. The molecule has 146 valence electrons. The first-order chi connectivity index (χ1) is 14.0. The van der Waals surface area contributed by atoms with Crippen LogP contribution in [0.25, 0.3) is 22.3 Å². The molecule has 0 unspecified atom stereocenters. The van der Waals surface area contributed by atoms with Crippen molar-refractivity contribution < 1.29 is 0 Å². The molecule has 4 N–H and O–H groups in total. The minimum atomic E-state index is 0.162. The van der Waals surface area contributed by atoms with Crippen LogP contribution < -0.4 is 11.5 Å². The van der Waals surface area contributed by atoms with E-state index in [9.17, 15) is 0 Å². The van der Waals surface area contributed by atoms with E-state index < -0.39 is 0 Å². The molecule has 0 aliphatic carbocycles. The first-order valence-corrected chi connectivity index (χ1v) is 9.40. The Morgan fingerprint density at radius 3 is 2.59 bits per heavy atom. The summed E-state index contributed by atoms with van der Waals surface area (Å²) in [6, 6.07) is 15.3. The van der Waals surface area contributed by atoms with E-state index in [0.717, 1.165) is 27.8 Å². The van der Waals surface area contributed by atoms with Crippen LogP contribution in [0.2, 0.25) is 0 Å². The molecule has 0 amide bonds. The van der Waals surface area contributed by atoms with Gasteiger partial charge in [-0.25, -0.2) is 9.67 Å². The number of fused-ring (bicyclic) bond motifs is 1. The molecule has 4 aromatic rings. The van der Waals surface area contributed by atoms with Gasteiger partial charge in [-0.1, -0.05) is 38.1 Å². The average Bonchev–Trinajstić information content (AvgIpc) is 3.14. The van der Waals surface area contributed by atoms with Crippen LogP contribution in [0.5, 0.6) is 0 Å². The lowest BCUT2D eigenvalue weighted by atomic mass is 10.1. The van der Waals surface area contributed by atoms with Crippen LogP contribution >= 0.6 is 0 Å². The number of nitrogens with two attached hydrogens (primary N) is 2. The Labute approximate surface area is 169 Å². The quantitative estimate of drug-likeness (QED) is 0.516. The molecule has 7 nitrogen and oxygen atoms in total. The second-order valence-corrected chi connectivity index (χ2v) is 6.35. The van der Waals surface area contributed by atoms with Gasteiger partial charge in [0.15, 0.2) is 5.65 Å². The second kappa shape index (κ2) is 8.40. The molecular formula is C22H23N7. The number of aryl methyl sites for hydroxylation is 1. The Kier molecular flexibility index (Phi) is 5.74. The molecule has 0 saturated heterocycles. The Hall–Kier alpha value is -3.92. The van der Waals surface area contributed by atoms with E-state index in [4.69, 9.17) is 16.7 Å². The van der Waals surface area contributed by atoms with Gasteiger partial charge in [-0.3, -0.25) is 0 Å². The summed E-state index contributed by atoms with van der Waals surface area (Å²) in [6.45, 7) is 6.51. The third kappa shape index (κ3) is 4.01. The van der Waals surface area contributed by atoms with Crippen molar-refractivity contribution in [1.82, 2.24) is 19.7 Å². The predicted octanol–water partition coefficient (Wildman–Crippen LogP) is 3.91. The van der Waals surface area contributed by atoms with Crippen LogP contribution in [0.1, 0.15) is 30.5 Å². The lowest BCUT2D eigenvalue weighted by Crippen LogP contribution is -2.05. The monoisotopic (exact) mass is 385 g/mol. The summed E-state index contributed by atoms with van der Waals surface area (Å²) in [6.07, 6.45) is 1.73. The summed E-state index contributed by atoms with van der Waals surface area (Å²) in [5, 5.41) is 14.4. The Bertz CT molecular complexity index is 1200. The van der Waals surface area contributed by atoms with Crippen molar-refractivity contribution in [2.24, 2.45) is 0 Å². The number of hydrogen-bond acceptors (Lipinski definition) is 6. The largest absolute Gasteiger partial charge is 0.399 e. The van der Waals surface area contributed by atoms with Crippen molar-refractivity contribution in [2.75, 3.05) is 11.5 Å². The second-order valence-electron chi connectivity index (χ2n) is 6.35. The maximum absolute atomic E-state index is 9.15. The fourth-order valence-electron chi connectivity index (χ4n) is 3.05.